The topological polar surface area (TPSA) is 92.4 Å². The molecule has 0 spiro atoms. The number of nitrogens with two attached hydrogens (primary N) is 1. The molecule has 0 saturated heterocycles. The number of carbonyl (C=O) groups is 2. The normalized spacial score (nSPS) is 14.3. The van der Waals surface area contributed by atoms with E-state index < -0.39 is 17.4 Å². The third kappa shape index (κ3) is 4.04. The van der Waals surface area contributed by atoms with Gasteiger partial charge in [-0.3, -0.25) is 9.59 Å². The predicted octanol–water partition coefficient (Wildman–Crippen LogP) is 2.36. The number of benzene rings is 1. The molecule has 1 unspecified atom stereocenters. The lowest BCUT2D eigenvalue weighted by atomic mass is 9.85. The molecule has 1 aromatic carbocycles. The molecule has 1 aromatic rings. The van der Waals surface area contributed by atoms with Gasteiger partial charge in [0.25, 0.3) is 0 Å². The van der Waals surface area contributed by atoms with Gasteiger partial charge in [-0.25, -0.2) is 0 Å². The molecule has 0 aliphatic heterocycles. The summed E-state index contributed by atoms with van der Waals surface area (Å²) in [4.78, 5) is 23.2. The lowest BCUT2D eigenvalue weighted by Crippen LogP contribution is -2.40. The van der Waals surface area contributed by atoms with Crippen molar-refractivity contribution in [3.8, 4) is 0 Å². The summed E-state index contributed by atoms with van der Waals surface area (Å²) in [5.41, 5.74) is 6.20. The molecular formula is C16H24N2O3. The Kier molecular flexibility index (Phi) is 5.49. The van der Waals surface area contributed by atoms with Gasteiger partial charge in [-0.15, -0.1) is 0 Å². The van der Waals surface area contributed by atoms with Gasteiger partial charge in [0, 0.05) is 5.69 Å². The molecule has 5 nitrogen and oxygen atoms in total. The number of carboxylic acid groups (broad SMARTS) is 1. The molecule has 0 bridgehead atoms. The third-order valence-corrected chi connectivity index (χ3v) is 3.97. The molecule has 0 heterocycles. The van der Waals surface area contributed by atoms with Crippen molar-refractivity contribution in [1.82, 2.24) is 0 Å². The molecule has 21 heavy (non-hydrogen) atoms. The highest BCUT2D eigenvalue weighted by atomic mass is 16.4. The van der Waals surface area contributed by atoms with Crippen molar-refractivity contribution >= 4 is 17.6 Å². The van der Waals surface area contributed by atoms with E-state index in [1.807, 2.05) is 13.8 Å². The van der Waals surface area contributed by atoms with Crippen LogP contribution in [0, 0.1) is 5.92 Å². The molecule has 1 amide bonds. The van der Waals surface area contributed by atoms with Crippen molar-refractivity contribution in [2.45, 2.75) is 45.6 Å². The Balaban J connectivity index is 2.80. The SMILES string of the molecule is CCC(C)[C@H](N)C(=O)Nc1ccc(C(C)(C)C(=O)O)cc1. The second kappa shape index (κ2) is 6.72. The standard InChI is InChI=1S/C16H24N2O3/c1-5-10(2)13(17)14(19)18-12-8-6-11(7-9-12)16(3,4)15(20)21/h6-10,13H,5,17H2,1-4H3,(H,18,19)(H,20,21)/t10?,13-/m0/s1. The minimum atomic E-state index is -0.963. The number of hydrogen-bond acceptors (Lipinski definition) is 3. The first-order valence-electron chi connectivity index (χ1n) is 7.10. The van der Waals surface area contributed by atoms with Crippen LogP contribution in [0.15, 0.2) is 24.3 Å². The highest BCUT2D eigenvalue weighted by Crippen LogP contribution is 2.24. The highest BCUT2D eigenvalue weighted by Gasteiger charge is 2.29. The summed E-state index contributed by atoms with van der Waals surface area (Å²) < 4.78 is 0. The van der Waals surface area contributed by atoms with Crippen LogP contribution < -0.4 is 11.1 Å². The Hall–Kier alpha value is -1.88. The minimum absolute atomic E-state index is 0.107. The number of nitrogens with one attached hydrogen (secondary N) is 1. The molecule has 2 atom stereocenters. The van der Waals surface area contributed by atoms with E-state index in [2.05, 4.69) is 5.32 Å². The fraction of sp³-hybridized carbons (Fsp3) is 0.500. The van der Waals surface area contributed by atoms with Gasteiger partial charge in [0.2, 0.25) is 5.91 Å². The zero-order valence-electron chi connectivity index (χ0n) is 13.0. The summed E-state index contributed by atoms with van der Waals surface area (Å²) in [6.07, 6.45) is 0.834. The molecule has 5 heteroatoms. The predicted molar refractivity (Wildman–Crippen MR) is 83.2 cm³/mol. The van der Waals surface area contributed by atoms with Crippen LogP contribution in [0.3, 0.4) is 0 Å². The summed E-state index contributed by atoms with van der Waals surface area (Å²) in [5, 5.41) is 11.9. The number of amides is 1. The van der Waals surface area contributed by atoms with Gasteiger partial charge in [-0.2, -0.15) is 0 Å². The van der Waals surface area contributed by atoms with Gasteiger partial charge in [-0.1, -0.05) is 32.4 Å². The highest BCUT2D eigenvalue weighted by molar-refractivity contribution is 5.95. The minimum Gasteiger partial charge on any atom is -0.481 e. The van der Waals surface area contributed by atoms with E-state index in [-0.39, 0.29) is 11.8 Å². The molecule has 116 valence electrons. The van der Waals surface area contributed by atoms with E-state index in [9.17, 15) is 14.7 Å². The van der Waals surface area contributed by atoms with Crippen LogP contribution >= 0.6 is 0 Å². The zero-order chi connectivity index (χ0) is 16.2. The van der Waals surface area contributed by atoms with Crippen molar-refractivity contribution < 1.29 is 14.7 Å². The molecule has 0 radical (unpaired) electrons. The van der Waals surface area contributed by atoms with Crippen LogP contribution in [-0.2, 0) is 15.0 Å². The fourth-order valence-corrected chi connectivity index (χ4v) is 1.83. The summed E-state index contributed by atoms with van der Waals surface area (Å²) >= 11 is 0. The maximum Gasteiger partial charge on any atom is 0.313 e. The van der Waals surface area contributed by atoms with Crippen LogP contribution in [0.5, 0.6) is 0 Å². The monoisotopic (exact) mass is 292 g/mol. The average Bonchev–Trinajstić information content (AvgIpc) is 2.45. The van der Waals surface area contributed by atoms with E-state index in [0.717, 1.165) is 6.42 Å². The van der Waals surface area contributed by atoms with Crippen LogP contribution in [0.4, 0.5) is 5.69 Å². The third-order valence-electron chi connectivity index (χ3n) is 3.97. The second-order valence-electron chi connectivity index (χ2n) is 5.91. The van der Waals surface area contributed by atoms with Gasteiger partial charge in [0.05, 0.1) is 11.5 Å². The number of hydrogen-bond donors (Lipinski definition) is 3. The molecular weight excluding hydrogens is 268 g/mol. The smallest absolute Gasteiger partial charge is 0.313 e. The fourth-order valence-electron chi connectivity index (χ4n) is 1.83. The summed E-state index contributed by atoms with van der Waals surface area (Å²) in [7, 11) is 0. The van der Waals surface area contributed by atoms with E-state index in [1.54, 1.807) is 38.1 Å². The van der Waals surface area contributed by atoms with Crippen LogP contribution in [0.25, 0.3) is 0 Å². The molecule has 0 aliphatic carbocycles. The van der Waals surface area contributed by atoms with Crippen molar-refractivity contribution in [2.75, 3.05) is 5.32 Å². The van der Waals surface area contributed by atoms with E-state index in [0.29, 0.717) is 11.3 Å². The molecule has 0 fully saturated rings. The Morgan fingerprint density at radius 3 is 2.24 bits per heavy atom. The lowest BCUT2D eigenvalue weighted by molar-refractivity contribution is -0.142. The number of rotatable bonds is 6. The number of carbonyl (C=O) groups excluding carboxylic acids is 1. The zero-order valence-corrected chi connectivity index (χ0v) is 13.0. The van der Waals surface area contributed by atoms with E-state index in [1.165, 1.54) is 0 Å². The molecule has 0 saturated carbocycles. The Labute approximate surface area is 125 Å². The van der Waals surface area contributed by atoms with Crippen LogP contribution in [0.2, 0.25) is 0 Å². The number of anilines is 1. The van der Waals surface area contributed by atoms with Gasteiger partial charge in [0.15, 0.2) is 0 Å². The van der Waals surface area contributed by atoms with Crippen molar-refractivity contribution in [1.29, 1.82) is 0 Å². The van der Waals surface area contributed by atoms with Gasteiger partial charge >= 0.3 is 5.97 Å². The largest absolute Gasteiger partial charge is 0.481 e. The Bertz CT molecular complexity index is 509. The number of carboxylic acids is 1. The first-order valence-corrected chi connectivity index (χ1v) is 7.10. The second-order valence-corrected chi connectivity index (χ2v) is 5.91. The van der Waals surface area contributed by atoms with Gasteiger partial charge < -0.3 is 16.2 Å². The molecule has 0 aliphatic rings. The van der Waals surface area contributed by atoms with Gasteiger partial charge in [-0.05, 0) is 37.5 Å². The van der Waals surface area contributed by atoms with E-state index >= 15 is 0 Å². The maximum absolute atomic E-state index is 12.0. The maximum atomic E-state index is 12.0. The molecule has 0 aromatic heterocycles. The Morgan fingerprint density at radius 2 is 1.81 bits per heavy atom. The Morgan fingerprint density at radius 1 is 1.29 bits per heavy atom. The van der Waals surface area contributed by atoms with Crippen LogP contribution in [-0.4, -0.2) is 23.0 Å². The van der Waals surface area contributed by atoms with Crippen molar-refractivity contribution in [3.05, 3.63) is 29.8 Å². The van der Waals surface area contributed by atoms with Crippen molar-refractivity contribution in [3.63, 3.8) is 0 Å². The lowest BCUT2D eigenvalue weighted by Gasteiger charge is -2.21. The molecule has 1 rings (SSSR count). The van der Waals surface area contributed by atoms with Crippen molar-refractivity contribution in [2.24, 2.45) is 11.7 Å². The number of aliphatic carboxylic acids is 1. The quantitative estimate of drug-likeness (QED) is 0.750. The van der Waals surface area contributed by atoms with Gasteiger partial charge in [0.1, 0.15) is 0 Å². The van der Waals surface area contributed by atoms with E-state index in [4.69, 9.17) is 5.73 Å². The summed E-state index contributed by atoms with van der Waals surface area (Å²) in [6, 6.07) is 6.25. The average molecular weight is 292 g/mol. The first-order chi connectivity index (χ1) is 9.70. The summed E-state index contributed by atoms with van der Waals surface area (Å²) in [6.45, 7) is 7.20. The first kappa shape index (κ1) is 17.2. The molecule has 4 N–H and O–H groups in total. The van der Waals surface area contributed by atoms with Crippen LogP contribution in [0.1, 0.15) is 39.7 Å². The summed E-state index contributed by atoms with van der Waals surface area (Å²) in [5.74, 6) is -1.01.